The predicted octanol–water partition coefficient (Wildman–Crippen LogP) is 1.78. The van der Waals surface area contributed by atoms with Gasteiger partial charge in [0.2, 0.25) is 0 Å². The number of aromatic nitrogens is 1. The average Bonchev–Trinajstić information content (AvgIpc) is 2.85. The Morgan fingerprint density at radius 2 is 2.15 bits per heavy atom. The number of hydrogen-bond acceptors (Lipinski definition) is 3. The lowest BCUT2D eigenvalue weighted by Crippen LogP contribution is -2.25. The van der Waals surface area contributed by atoms with Crippen LogP contribution in [0, 0.1) is 5.92 Å². The zero-order valence-corrected chi connectivity index (χ0v) is 11.4. The monoisotopic (exact) mass is 272 g/mol. The molecule has 1 aliphatic carbocycles. The molecule has 0 radical (unpaired) electrons. The number of benzene rings is 1. The molecule has 0 bridgehead atoms. The molecule has 1 fully saturated rings. The fourth-order valence-corrected chi connectivity index (χ4v) is 2.97. The molecular formula is C16H20N2O2. The average molecular weight is 272 g/mol. The Bertz CT molecular complexity index is 650. The lowest BCUT2D eigenvalue weighted by Gasteiger charge is -2.10. The lowest BCUT2D eigenvalue weighted by molar-refractivity contribution is 0.177. The first-order chi connectivity index (χ1) is 9.72. The summed E-state index contributed by atoms with van der Waals surface area (Å²) in [7, 11) is 0. The molecule has 20 heavy (non-hydrogen) atoms. The molecule has 1 aliphatic rings. The van der Waals surface area contributed by atoms with Gasteiger partial charge in [-0.2, -0.15) is 0 Å². The van der Waals surface area contributed by atoms with Crippen LogP contribution in [0.15, 0.2) is 35.1 Å². The second-order valence-electron chi connectivity index (χ2n) is 5.67. The van der Waals surface area contributed by atoms with Gasteiger partial charge in [-0.15, -0.1) is 0 Å². The van der Waals surface area contributed by atoms with E-state index in [0.717, 1.165) is 42.3 Å². The predicted molar refractivity (Wildman–Crippen MR) is 79.6 cm³/mol. The minimum atomic E-state index is -0.133. The highest BCUT2D eigenvalue weighted by Gasteiger charge is 2.22. The summed E-state index contributed by atoms with van der Waals surface area (Å²) in [6.07, 6.45) is 2.72. The van der Waals surface area contributed by atoms with Crippen LogP contribution in [0.25, 0.3) is 10.9 Å². The van der Waals surface area contributed by atoms with Gasteiger partial charge in [0.1, 0.15) is 0 Å². The highest BCUT2D eigenvalue weighted by Crippen LogP contribution is 2.24. The molecular weight excluding hydrogens is 252 g/mol. The van der Waals surface area contributed by atoms with Crippen LogP contribution < -0.4 is 10.9 Å². The van der Waals surface area contributed by atoms with E-state index in [1.165, 1.54) is 0 Å². The van der Waals surface area contributed by atoms with Crippen molar-refractivity contribution in [2.24, 2.45) is 5.92 Å². The summed E-state index contributed by atoms with van der Waals surface area (Å²) in [5, 5.41) is 13.9. The quantitative estimate of drug-likeness (QED) is 0.795. The normalized spacial score (nSPS) is 22.4. The topological polar surface area (TPSA) is 65.1 Å². The van der Waals surface area contributed by atoms with Crippen molar-refractivity contribution in [2.75, 3.05) is 6.54 Å². The Balaban J connectivity index is 1.65. The van der Waals surface area contributed by atoms with Gasteiger partial charge in [-0.1, -0.05) is 18.2 Å². The molecule has 0 aliphatic heterocycles. The van der Waals surface area contributed by atoms with Crippen molar-refractivity contribution in [1.29, 1.82) is 0 Å². The number of fused-ring (bicyclic) bond motifs is 1. The Labute approximate surface area is 117 Å². The molecule has 0 amide bonds. The zero-order valence-electron chi connectivity index (χ0n) is 11.4. The molecule has 3 rings (SSSR count). The summed E-state index contributed by atoms with van der Waals surface area (Å²) < 4.78 is 0. The van der Waals surface area contributed by atoms with E-state index in [1.807, 2.05) is 30.3 Å². The summed E-state index contributed by atoms with van der Waals surface area (Å²) in [4.78, 5) is 14.9. The van der Waals surface area contributed by atoms with Gasteiger partial charge in [0.05, 0.1) is 6.10 Å². The van der Waals surface area contributed by atoms with E-state index < -0.39 is 0 Å². The molecule has 0 saturated heterocycles. The molecule has 2 unspecified atom stereocenters. The molecule has 1 aromatic carbocycles. The fraction of sp³-hybridized carbons (Fsp3) is 0.438. The van der Waals surface area contributed by atoms with Gasteiger partial charge in [-0.3, -0.25) is 4.79 Å². The van der Waals surface area contributed by atoms with Crippen molar-refractivity contribution in [1.82, 2.24) is 10.3 Å². The number of H-pyrrole nitrogens is 1. The van der Waals surface area contributed by atoms with E-state index in [9.17, 15) is 9.90 Å². The first kappa shape index (κ1) is 13.3. The Kier molecular flexibility index (Phi) is 3.85. The van der Waals surface area contributed by atoms with E-state index in [2.05, 4.69) is 10.3 Å². The van der Waals surface area contributed by atoms with E-state index >= 15 is 0 Å². The van der Waals surface area contributed by atoms with Crippen LogP contribution in [0.4, 0.5) is 0 Å². The summed E-state index contributed by atoms with van der Waals surface area (Å²) in [6, 6.07) is 9.75. The maximum Gasteiger partial charge on any atom is 0.252 e. The summed E-state index contributed by atoms with van der Waals surface area (Å²) in [5.74, 6) is 0.532. The number of para-hydroxylation sites is 1. The van der Waals surface area contributed by atoms with E-state index in [0.29, 0.717) is 12.5 Å². The van der Waals surface area contributed by atoms with Crippen LogP contribution in [0.3, 0.4) is 0 Å². The number of aromatic amines is 1. The Morgan fingerprint density at radius 3 is 2.95 bits per heavy atom. The van der Waals surface area contributed by atoms with Crippen molar-refractivity contribution in [3.8, 4) is 0 Å². The highest BCUT2D eigenvalue weighted by atomic mass is 16.3. The Hall–Kier alpha value is -1.65. The van der Waals surface area contributed by atoms with Crippen molar-refractivity contribution >= 4 is 10.9 Å². The molecule has 3 N–H and O–H groups in total. The third kappa shape index (κ3) is 2.92. The number of aliphatic hydroxyl groups excluding tert-OH is 1. The van der Waals surface area contributed by atoms with E-state index in [-0.39, 0.29) is 11.7 Å². The lowest BCUT2D eigenvalue weighted by atomic mass is 10.1. The number of nitrogens with one attached hydrogen (secondary N) is 2. The fourth-order valence-electron chi connectivity index (χ4n) is 2.97. The van der Waals surface area contributed by atoms with Crippen LogP contribution in [0.1, 0.15) is 24.8 Å². The van der Waals surface area contributed by atoms with Crippen LogP contribution in [-0.2, 0) is 6.54 Å². The second kappa shape index (κ2) is 5.77. The van der Waals surface area contributed by atoms with Crippen molar-refractivity contribution in [3.05, 3.63) is 46.2 Å². The van der Waals surface area contributed by atoms with Crippen LogP contribution in [0.2, 0.25) is 0 Å². The number of aliphatic hydroxyl groups is 1. The minimum absolute atomic E-state index is 0.0253. The summed E-state index contributed by atoms with van der Waals surface area (Å²) in [5.41, 5.74) is 1.62. The molecule has 106 valence electrons. The van der Waals surface area contributed by atoms with Gasteiger partial charge in [-0.05, 0) is 49.2 Å². The van der Waals surface area contributed by atoms with Gasteiger partial charge in [-0.25, -0.2) is 0 Å². The number of hydrogen-bond donors (Lipinski definition) is 3. The molecule has 2 atom stereocenters. The SMILES string of the molecule is O=c1[nH]c2ccccc2cc1CNCC1CCC(O)C1. The van der Waals surface area contributed by atoms with Crippen LogP contribution in [0.5, 0.6) is 0 Å². The molecule has 1 saturated carbocycles. The van der Waals surface area contributed by atoms with Gasteiger partial charge in [0, 0.05) is 17.6 Å². The zero-order chi connectivity index (χ0) is 13.9. The molecule has 4 heteroatoms. The van der Waals surface area contributed by atoms with Gasteiger partial charge < -0.3 is 15.4 Å². The van der Waals surface area contributed by atoms with Gasteiger partial charge in [0.25, 0.3) is 5.56 Å². The smallest absolute Gasteiger partial charge is 0.252 e. The standard InChI is InChI=1S/C16H20N2O2/c19-14-6-5-11(7-14)9-17-10-13-8-12-3-1-2-4-15(12)18-16(13)20/h1-4,8,11,14,17,19H,5-7,9-10H2,(H,18,20). The molecule has 0 spiro atoms. The molecule has 2 aromatic rings. The third-order valence-corrected chi connectivity index (χ3v) is 4.09. The third-order valence-electron chi connectivity index (χ3n) is 4.09. The first-order valence-electron chi connectivity index (χ1n) is 7.22. The molecule has 1 heterocycles. The maximum atomic E-state index is 12.0. The van der Waals surface area contributed by atoms with Crippen molar-refractivity contribution < 1.29 is 5.11 Å². The van der Waals surface area contributed by atoms with Gasteiger partial charge in [0.15, 0.2) is 0 Å². The van der Waals surface area contributed by atoms with Crippen LogP contribution in [-0.4, -0.2) is 22.7 Å². The van der Waals surface area contributed by atoms with Crippen molar-refractivity contribution in [3.63, 3.8) is 0 Å². The first-order valence-corrected chi connectivity index (χ1v) is 7.22. The van der Waals surface area contributed by atoms with E-state index in [4.69, 9.17) is 0 Å². The number of pyridine rings is 1. The van der Waals surface area contributed by atoms with Crippen LogP contribution >= 0.6 is 0 Å². The van der Waals surface area contributed by atoms with Crippen molar-refractivity contribution in [2.45, 2.75) is 31.9 Å². The summed E-state index contributed by atoms with van der Waals surface area (Å²) in [6.45, 7) is 1.44. The molecule has 1 aromatic heterocycles. The summed E-state index contributed by atoms with van der Waals surface area (Å²) >= 11 is 0. The maximum absolute atomic E-state index is 12.0. The van der Waals surface area contributed by atoms with Gasteiger partial charge >= 0.3 is 0 Å². The Morgan fingerprint density at radius 1 is 1.30 bits per heavy atom. The second-order valence-corrected chi connectivity index (χ2v) is 5.67. The minimum Gasteiger partial charge on any atom is -0.393 e. The largest absolute Gasteiger partial charge is 0.393 e. The van der Waals surface area contributed by atoms with E-state index in [1.54, 1.807) is 0 Å². The molecule has 4 nitrogen and oxygen atoms in total. The highest BCUT2D eigenvalue weighted by molar-refractivity contribution is 5.78. The number of rotatable bonds is 4.